The molecule has 0 saturated heterocycles. The summed E-state index contributed by atoms with van der Waals surface area (Å²) in [6.45, 7) is 8.83. The molecule has 0 nitrogen and oxygen atoms in total. The summed E-state index contributed by atoms with van der Waals surface area (Å²) in [6, 6.07) is 8.86. The standard InChI is InChI=1S/C16H24Cl2/c1-12(2)15-7-5-14(6-8-15)9-16(10-17,11-18)13(3)4/h5-8,12-13H,9-11H2,1-4H3. The van der Waals surface area contributed by atoms with Crippen LogP contribution in [0.2, 0.25) is 0 Å². The number of halogens is 2. The lowest BCUT2D eigenvalue weighted by Crippen LogP contribution is -2.34. The Morgan fingerprint density at radius 2 is 1.44 bits per heavy atom. The predicted molar refractivity (Wildman–Crippen MR) is 82.9 cm³/mol. The molecule has 18 heavy (non-hydrogen) atoms. The first-order valence-corrected chi connectivity index (χ1v) is 7.73. The maximum absolute atomic E-state index is 6.17. The molecule has 0 bridgehead atoms. The van der Waals surface area contributed by atoms with Crippen molar-refractivity contribution in [3.63, 3.8) is 0 Å². The van der Waals surface area contributed by atoms with E-state index >= 15 is 0 Å². The van der Waals surface area contributed by atoms with E-state index in [0.29, 0.717) is 23.6 Å². The summed E-state index contributed by atoms with van der Waals surface area (Å²) in [5.74, 6) is 2.28. The summed E-state index contributed by atoms with van der Waals surface area (Å²) < 4.78 is 0. The van der Waals surface area contributed by atoms with Gasteiger partial charge in [-0.1, -0.05) is 52.0 Å². The monoisotopic (exact) mass is 286 g/mol. The van der Waals surface area contributed by atoms with Crippen LogP contribution in [0.15, 0.2) is 24.3 Å². The Balaban J connectivity index is 2.88. The zero-order valence-electron chi connectivity index (χ0n) is 11.8. The van der Waals surface area contributed by atoms with E-state index in [1.54, 1.807) is 0 Å². The Morgan fingerprint density at radius 3 is 1.78 bits per heavy atom. The molecule has 102 valence electrons. The average molecular weight is 287 g/mol. The molecular weight excluding hydrogens is 263 g/mol. The van der Waals surface area contributed by atoms with Crippen LogP contribution in [0.25, 0.3) is 0 Å². The molecule has 0 aromatic heterocycles. The van der Waals surface area contributed by atoms with E-state index in [1.165, 1.54) is 11.1 Å². The molecule has 2 heteroatoms. The van der Waals surface area contributed by atoms with Gasteiger partial charge in [-0.05, 0) is 29.4 Å². The highest BCUT2D eigenvalue weighted by atomic mass is 35.5. The van der Waals surface area contributed by atoms with Crippen molar-refractivity contribution in [3.8, 4) is 0 Å². The smallest absolute Gasteiger partial charge is 0.0297 e. The number of hydrogen-bond acceptors (Lipinski definition) is 0. The molecule has 0 spiro atoms. The second-order valence-corrected chi connectivity index (χ2v) is 6.39. The molecule has 1 aromatic rings. The second-order valence-electron chi connectivity index (χ2n) is 5.86. The molecule has 0 N–H and O–H groups in total. The van der Waals surface area contributed by atoms with E-state index in [4.69, 9.17) is 23.2 Å². The molecule has 0 radical (unpaired) electrons. The molecular formula is C16H24Cl2. The normalized spacial score (nSPS) is 12.4. The summed E-state index contributed by atoms with van der Waals surface area (Å²) >= 11 is 12.3. The average Bonchev–Trinajstić information content (AvgIpc) is 2.36. The molecule has 0 aliphatic heterocycles. The Labute approximate surface area is 122 Å². The molecule has 0 saturated carbocycles. The van der Waals surface area contributed by atoms with Gasteiger partial charge in [0.15, 0.2) is 0 Å². The largest absolute Gasteiger partial charge is 0.126 e. The van der Waals surface area contributed by atoms with Crippen LogP contribution in [-0.2, 0) is 6.42 Å². The van der Waals surface area contributed by atoms with Crippen LogP contribution in [0.4, 0.5) is 0 Å². The van der Waals surface area contributed by atoms with Crippen molar-refractivity contribution in [1.82, 2.24) is 0 Å². The lowest BCUT2D eigenvalue weighted by molar-refractivity contribution is 0.259. The summed E-state index contributed by atoms with van der Waals surface area (Å²) in [7, 11) is 0. The Bertz CT molecular complexity index is 348. The molecule has 0 aliphatic rings. The van der Waals surface area contributed by atoms with Gasteiger partial charge in [0.2, 0.25) is 0 Å². The van der Waals surface area contributed by atoms with E-state index in [0.717, 1.165) is 6.42 Å². The fourth-order valence-electron chi connectivity index (χ4n) is 2.07. The van der Waals surface area contributed by atoms with Gasteiger partial charge in [-0.3, -0.25) is 0 Å². The molecule has 0 heterocycles. The van der Waals surface area contributed by atoms with Crippen molar-refractivity contribution in [1.29, 1.82) is 0 Å². The van der Waals surface area contributed by atoms with Crippen molar-refractivity contribution in [2.45, 2.75) is 40.0 Å². The van der Waals surface area contributed by atoms with Crippen LogP contribution in [0.1, 0.15) is 44.7 Å². The molecule has 1 rings (SSSR count). The molecule has 0 fully saturated rings. The van der Waals surface area contributed by atoms with Gasteiger partial charge in [0, 0.05) is 17.2 Å². The first kappa shape index (κ1) is 15.9. The van der Waals surface area contributed by atoms with Crippen LogP contribution in [-0.4, -0.2) is 11.8 Å². The third kappa shape index (κ3) is 3.65. The van der Waals surface area contributed by atoms with Crippen LogP contribution < -0.4 is 0 Å². The van der Waals surface area contributed by atoms with Gasteiger partial charge in [0.05, 0.1) is 0 Å². The Morgan fingerprint density at radius 1 is 0.944 bits per heavy atom. The molecule has 0 unspecified atom stereocenters. The Hall–Kier alpha value is -0.200. The van der Waals surface area contributed by atoms with E-state index in [9.17, 15) is 0 Å². The SMILES string of the molecule is CC(C)c1ccc(CC(CCl)(CCl)C(C)C)cc1. The van der Waals surface area contributed by atoms with Crippen LogP contribution in [0.5, 0.6) is 0 Å². The van der Waals surface area contributed by atoms with Crippen LogP contribution in [0.3, 0.4) is 0 Å². The van der Waals surface area contributed by atoms with Gasteiger partial charge in [0.1, 0.15) is 0 Å². The van der Waals surface area contributed by atoms with Crippen molar-refractivity contribution >= 4 is 23.2 Å². The van der Waals surface area contributed by atoms with Crippen molar-refractivity contribution in [2.24, 2.45) is 11.3 Å². The number of hydrogen-bond donors (Lipinski definition) is 0. The number of benzene rings is 1. The van der Waals surface area contributed by atoms with Crippen molar-refractivity contribution < 1.29 is 0 Å². The van der Waals surface area contributed by atoms with Gasteiger partial charge in [-0.15, -0.1) is 23.2 Å². The minimum atomic E-state index is 0.00244. The van der Waals surface area contributed by atoms with Gasteiger partial charge in [-0.2, -0.15) is 0 Å². The minimum Gasteiger partial charge on any atom is -0.126 e. The predicted octanol–water partition coefficient (Wildman–Crippen LogP) is 5.47. The quantitative estimate of drug-likeness (QED) is 0.608. The summed E-state index contributed by atoms with van der Waals surface area (Å²) in [4.78, 5) is 0. The highest BCUT2D eigenvalue weighted by molar-refractivity contribution is 6.21. The lowest BCUT2D eigenvalue weighted by Gasteiger charge is -2.34. The highest BCUT2D eigenvalue weighted by Crippen LogP contribution is 2.35. The summed E-state index contributed by atoms with van der Waals surface area (Å²) in [5, 5.41) is 0. The number of alkyl halides is 2. The van der Waals surface area contributed by atoms with Gasteiger partial charge in [-0.25, -0.2) is 0 Å². The molecule has 0 amide bonds. The first-order valence-electron chi connectivity index (χ1n) is 6.66. The third-order valence-corrected chi connectivity index (χ3v) is 5.02. The first-order chi connectivity index (χ1) is 8.45. The van der Waals surface area contributed by atoms with E-state index in [1.807, 2.05) is 0 Å². The minimum absolute atomic E-state index is 0.00244. The van der Waals surface area contributed by atoms with Gasteiger partial charge >= 0.3 is 0 Å². The second kappa shape index (κ2) is 6.82. The van der Waals surface area contributed by atoms with Crippen molar-refractivity contribution in [2.75, 3.05) is 11.8 Å². The molecule has 0 aliphatic carbocycles. The van der Waals surface area contributed by atoms with E-state index < -0.39 is 0 Å². The van der Waals surface area contributed by atoms with Crippen molar-refractivity contribution in [3.05, 3.63) is 35.4 Å². The van der Waals surface area contributed by atoms with Crippen LogP contribution in [0, 0.1) is 11.3 Å². The van der Waals surface area contributed by atoms with E-state index in [2.05, 4.69) is 52.0 Å². The lowest BCUT2D eigenvalue weighted by atomic mass is 9.75. The number of rotatable bonds is 6. The maximum atomic E-state index is 6.17. The van der Waals surface area contributed by atoms with Gasteiger partial charge < -0.3 is 0 Å². The fraction of sp³-hybridized carbons (Fsp3) is 0.625. The molecule has 0 atom stereocenters. The maximum Gasteiger partial charge on any atom is 0.0297 e. The fourth-order valence-corrected chi connectivity index (χ4v) is 3.16. The summed E-state index contributed by atoms with van der Waals surface area (Å²) in [6.07, 6.45) is 0.954. The topological polar surface area (TPSA) is 0 Å². The van der Waals surface area contributed by atoms with Crippen LogP contribution >= 0.6 is 23.2 Å². The van der Waals surface area contributed by atoms with E-state index in [-0.39, 0.29) is 5.41 Å². The van der Waals surface area contributed by atoms with Gasteiger partial charge in [0.25, 0.3) is 0 Å². The zero-order valence-corrected chi connectivity index (χ0v) is 13.4. The zero-order chi connectivity index (χ0) is 13.8. The Kier molecular flexibility index (Phi) is 6.01. The third-order valence-electron chi connectivity index (χ3n) is 3.96. The highest BCUT2D eigenvalue weighted by Gasteiger charge is 2.32. The molecule has 1 aromatic carbocycles. The summed E-state index contributed by atoms with van der Waals surface area (Å²) in [5.41, 5.74) is 2.71.